The lowest BCUT2D eigenvalue weighted by atomic mass is 10.2. The molecule has 2 amide bonds. The number of carbonyl (C=O) groups is 2. The minimum absolute atomic E-state index is 0.0967. The Labute approximate surface area is 121 Å². The highest BCUT2D eigenvalue weighted by molar-refractivity contribution is 6.29. The van der Waals surface area contributed by atoms with Crippen molar-refractivity contribution in [1.29, 1.82) is 0 Å². The van der Waals surface area contributed by atoms with Crippen molar-refractivity contribution < 1.29 is 9.59 Å². The molecule has 0 radical (unpaired) electrons. The molecule has 1 heterocycles. The van der Waals surface area contributed by atoms with Crippen LogP contribution in [0.5, 0.6) is 0 Å². The molecule has 0 fully saturated rings. The smallest absolute Gasteiger partial charge is 0.255 e. The molecule has 5 nitrogen and oxygen atoms in total. The van der Waals surface area contributed by atoms with Crippen LogP contribution in [0.25, 0.3) is 0 Å². The van der Waals surface area contributed by atoms with Crippen molar-refractivity contribution in [1.82, 2.24) is 4.98 Å². The second-order valence-electron chi connectivity index (χ2n) is 3.95. The topological polar surface area (TPSA) is 71.1 Å². The highest BCUT2D eigenvalue weighted by Gasteiger charge is 2.05. The average molecular weight is 290 g/mol. The molecule has 0 atom stereocenters. The van der Waals surface area contributed by atoms with Gasteiger partial charge in [0.1, 0.15) is 5.88 Å². The molecule has 1 aromatic heterocycles. The number of hydrogen-bond donors (Lipinski definition) is 2. The van der Waals surface area contributed by atoms with E-state index in [1.807, 2.05) is 0 Å². The summed E-state index contributed by atoms with van der Waals surface area (Å²) in [5.74, 6) is -0.592. The zero-order valence-corrected chi connectivity index (χ0v) is 11.2. The Morgan fingerprint density at radius 3 is 2.05 bits per heavy atom. The number of alkyl halides is 1. The van der Waals surface area contributed by atoms with E-state index in [9.17, 15) is 9.59 Å². The van der Waals surface area contributed by atoms with Gasteiger partial charge in [0.15, 0.2) is 0 Å². The van der Waals surface area contributed by atoms with E-state index in [0.717, 1.165) is 0 Å². The van der Waals surface area contributed by atoms with Gasteiger partial charge in [0, 0.05) is 29.3 Å². The molecule has 2 aromatic rings. The number of pyridine rings is 1. The molecule has 6 heteroatoms. The van der Waals surface area contributed by atoms with Crippen LogP contribution in [0.15, 0.2) is 48.8 Å². The third-order valence-corrected chi connectivity index (χ3v) is 2.73. The Balaban J connectivity index is 2.00. The second kappa shape index (κ2) is 6.68. The van der Waals surface area contributed by atoms with E-state index in [1.165, 1.54) is 0 Å². The first-order valence-electron chi connectivity index (χ1n) is 5.86. The van der Waals surface area contributed by atoms with E-state index in [0.29, 0.717) is 16.9 Å². The van der Waals surface area contributed by atoms with Crippen molar-refractivity contribution in [3.8, 4) is 0 Å². The summed E-state index contributed by atoms with van der Waals surface area (Å²) in [5.41, 5.74) is 1.78. The normalized spacial score (nSPS) is 9.85. The van der Waals surface area contributed by atoms with Gasteiger partial charge < -0.3 is 10.6 Å². The van der Waals surface area contributed by atoms with E-state index in [-0.39, 0.29) is 17.7 Å². The van der Waals surface area contributed by atoms with Crippen molar-refractivity contribution in [2.24, 2.45) is 0 Å². The third kappa shape index (κ3) is 3.80. The number of rotatable bonds is 4. The quantitative estimate of drug-likeness (QED) is 0.850. The van der Waals surface area contributed by atoms with Crippen LogP contribution in [-0.2, 0) is 4.79 Å². The lowest BCUT2D eigenvalue weighted by molar-refractivity contribution is -0.113. The first-order valence-corrected chi connectivity index (χ1v) is 6.40. The van der Waals surface area contributed by atoms with Crippen LogP contribution in [0.4, 0.5) is 11.4 Å². The fraction of sp³-hybridized carbons (Fsp3) is 0.0714. The van der Waals surface area contributed by atoms with Crippen LogP contribution in [0, 0.1) is 0 Å². The Hall–Kier alpha value is -2.40. The minimum Gasteiger partial charge on any atom is -0.325 e. The van der Waals surface area contributed by atoms with Gasteiger partial charge in [-0.15, -0.1) is 11.6 Å². The molecular formula is C14H12ClN3O2. The van der Waals surface area contributed by atoms with E-state index in [2.05, 4.69) is 15.6 Å². The molecule has 0 saturated carbocycles. The highest BCUT2D eigenvalue weighted by atomic mass is 35.5. The summed E-state index contributed by atoms with van der Waals surface area (Å²) in [6.45, 7) is 0. The molecule has 0 aliphatic rings. The predicted molar refractivity (Wildman–Crippen MR) is 78.0 cm³/mol. The Bertz CT molecular complexity index is 600. The lowest BCUT2D eigenvalue weighted by Crippen LogP contribution is -2.13. The number of amides is 2. The van der Waals surface area contributed by atoms with E-state index < -0.39 is 0 Å². The van der Waals surface area contributed by atoms with Gasteiger partial charge in [0.25, 0.3) is 5.91 Å². The zero-order valence-electron chi connectivity index (χ0n) is 10.5. The van der Waals surface area contributed by atoms with Gasteiger partial charge in [-0.2, -0.15) is 0 Å². The van der Waals surface area contributed by atoms with Crippen molar-refractivity contribution in [3.05, 3.63) is 54.4 Å². The van der Waals surface area contributed by atoms with Gasteiger partial charge in [-0.3, -0.25) is 14.6 Å². The molecular weight excluding hydrogens is 278 g/mol. The SMILES string of the molecule is O=C(CCl)Nc1ccc(NC(=O)c2ccncc2)cc1. The van der Waals surface area contributed by atoms with Crippen LogP contribution < -0.4 is 10.6 Å². The molecule has 0 saturated heterocycles. The van der Waals surface area contributed by atoms with Crippen LogP contribution in [0.1, 0.15) is 10.4 Å². The fourth-order valence-electron chi connectivity index (χ4n) is 1.54. The van der Waals surface area contributed by atoms with Gasteiger partial charge in [-0.1, -0.05) is 0 Å². The maximum Gasteiger partial charge on any atom is 0.255 e. The summed E-state index contributed by atoms with van der Waals surface area (Å²) < 4.78 is 0. The van der Waals surface area contributed by atoms with Gasteiger partial charge in [-0.25, -0.2) is 0 Å². The second-order valence-corrected chi connectivity index (χ2v) is 4.22. The van der Waals surface area contributed by atoms with Crippen molar-refractivity contribution in [2.45, 2.75) is 0 Å². The van der Waals surface area contributed by atoms with Gasteiger partial charge in [0.2, 0.25) is 5.91 Å². The summed E-state index contributed by atoms with van der Waals surface area (Å²) in [6.07, 6.45) is 3.11. The Morgan fingerprint density at radius 1 is 0.950 bits per heavy atom. The average Bonchev–Trinajstić information content (AvgIpc) is 2.50. The number of halogens is 1. The maximum atomic E-state index is 11.9. The Morgan fingerprint density at radius 2 is 1.50 bits per heavy atom. The minimum atomic E-state index is -0.278. The zero-order chi connectivity index (χ0) is 14.4. The standard InChI is InChI=1S/C14H12ClN3O2/c15-9-13(19)17-11-1-3-12(4-2-11)18-14(20)10-5-7-16-8-6-10/h1-8H,9H2,(H,17,19)(H,18,20). The third-order valence-electron chi connectivity index (χ3n) is 2.49. The van der Waals surface area contributed by atoms with E-state index in [1.54, 1.807) is 48.8 Å². The summed E-state index contributed by atoms with van der Waals surface area (Å²) in [4.78, 5) is 26.9. The molecule has 2 rings (SSSR count). The molecule has 102 valence electrons. The number of anilines is 2. The van der Waals surface area contributed by atoms with Crippen molar-refractivity contribution in [3.63, 3.8) is 0 Å². The van der Waals surface area contributed by atoms with Gasteiger partial charge in [0.05, 0.1) is 0 Å². The molecule has 1 aromatic carbocycles. The van der Waals surface area contributed by atoms with Gasteiger partial charge in [-0.05, 0) is 36.4 Å². The summed E-state index contributed by atoms with van der Waals surface area (Å²) >= 11 is 5.40. The predicted octanol–water partition coefficient (Wildman–Crippen LogP) is 2.51. The molecule has 0 spiro atoms. The highest BCUT2D eigenvalue weighted by Crippen LogP contribution is 2.14. The maximum absolute atomic E-state index is 11.9. The fourth-order valence-corrected chi connectivity index (χ4v) is 1.60. The van der Waals surface area contributed by atoms with Crippen molar-refractivity contribution in [2.75, 3.05) is 16.5 Å². The molecule has 0 unspecified atom stereocenters. The molecule has 0 bridgehead atoms. The Kier molecular flexibility index (Phi) is 4.68. The molecule has 2 N–H and O–H groups in total. The first-order chi connectivity index (χ1) is 9.69. The van der Waals surface area contributed by atoms with Crippen molar-refractivity contribution >= 4 is 34.8 Å². The first kappa shape index (κ1) is 14.0. The number of nitrogens with one attached hydrogen (secondary N) is 2. The van der Waals surface area contributed by atoms with E-state index in [4.69, 9.17) is 11.6 Å². The van der Waals surface area contributed by atoms with E-state index >= 15 is 0 Å². The lowest BCUT2D eigenvalue weighted by Gasteiger charge is -2.07. The molecule has 0 aliphatic carbocycles. The van der Waals surface area contributed by atoms with Crippen LogP contribution in [0.3, 0.4) is 0 Å². The number of aromatic nitrogens is 1. The van der Waals surface area contributed by atoms with Crippen LogP contribution >= 0.6 is 11.6 Å². The van der Waals surface area contributed by atoms with Crippen LogP contribution in [0.2, 0.25) is 0 Å². The molecule has 20 heavy (non-hydrogen) atoms. The van der Waals surface area contributed by atoms with Crippen LogP contribution in [-0.4, -0.2) is 22.7 Å². The summed E-state index contributed by atoms with van der Waals surface area (Å²) in [6, 6.07) is 10.0. The van der Waals surface area contributed by atoms with Gasteiger partial charge >= 0.3 is 0 Å². The monoisotopic (exact) mass is 289 g/mol. The molecule has 0 aliphatic heterocycles. The number of carbonyl (C=O) groups excluding carboxylic acids is 2. The largest absolute Gasteiger partial charge is 0.325 e. The summed E-state index contributed by atoms with van der Waals surface area (Å²) in [7, 11) is 0. The summed E-state index contributed by atoms with van der Waals surface area (Å²) in [5, 5.41) is 5.36. The number of nitrogens with zero attached hydrogens (tertiary/aromatic N) is 1. The number of hydrogen-bond acceptors (Lipinski definition) is 3. The number of benzene rings is 1.